The summed E-state index contributed by atoms with van der Waals surface area (Å²) in [6.45, 7) is 5.51. The molecule has 0 spiro atoms. The third kappa shape index (κ3) is 7.45. The number of nitrogens with one attached hydrogen (secondary N) is 2. The number of hydrogen-bond donors (Lipinski definition) is 2. The number of halogens is 1. The highest BCUT2D eigenvalue weighted by atomic mass is 35.5. The molecule has 25 heavy (non-hydrogen) atoms. The van der Waals surface area contributed by atoms with Gasteiger partial charge in [0.05, 0.1) is 12.5 Å². The molecule has 5 nitrogen and oxygen atoms in total. The minimum Gasteiger partial charge on any atom is -0.356 e. The molecule has 1 aliphatic heterocycles. The predicted molar refractivity (Wildman–Crippen MR) is 101 cm³/mol. The minimum atomic E-state index is -0.336. The Balaban J connectivity index is 1.76. The monoisotopic (exact) mass is 365 g/mol. The van der Waals surface area contributed by atoms with Gasteiger partial charge in [-0.3, -0.25) is 9.59 Å². The van der Waals surface area contributed by atoms with E-state index in [1.165, 1.54) is 39.3 Å². The van der Waals surface area contributed by atoms with Gasteiger partial charge in [-0.05, 0) is 56.6 Å². The van der Waals surface area contributed by atoms with Gasteiger partial charge in [-0.2, -0.15) is 0 Å². The van der Waals surface area contributed by atoms with Gasteiger partial charge in [-0.25, -0.2) is 0 Å². The fourth-order valence-corrected chi connectivity index (χ4v) is 3.29. The van der Waals surface area contributed by atoms with E-state index in [0.29, 0.717) is 11.6 Å². The van der Waals surface area contributed by atoms with Crippen LogP contribution in [-0.4, -0.2) is 42.9 Å². The van der Waals surface area contributed by atoms with Gasteiger partial charge < -0.3 is 15.5 Å². The zero-order valence-electron chi connectivity index (χ0n) is 14.9. The van der Waals surface area contributed by atoms with Crippen molar-refractivity contribution in [2.24, 2.45) is 0 Å². The van der Waals surface area contributed by atoms with Crippen LogP contribution in [0.15, 0.2) is 24.3 Å². The minimum absolute atomic E-state index is 0.0488. The Morgan fingerprint density at radius 3 is 2.48 bits per heavy atom. The molecular weight excluding hydrogens is 338 g/mol. The van der Waals surface area contributed by atoms with Gasteiger partial charge in [0.2, 0.25) is 11.8 Å². The van der Waals surface area contributed by atoms with Crippen molar-refractivity contribution in [1.29, 1.82) is 0 Å². The number of carbonyl (C=O) groups is 2. The van der Waals surface area contributed by atoms with E-state index in [2.05, 4.69) is 15.5 Å². The summed E-state index contributed by atoms with van der Waals surface area (Å²) in [5.41, 5.74) is 0.878. The molecule has 0 aromatic heterocycles. The Labute approximate surface area is 155 Å². The van der Waals surface area contributed by atoms with Crippen molar-refractivity contribution < 1.29 is 9.59 Å². The summed E-state index contributed by atoms with van der Waals surface area (Å²) < 4.78 is 0. The first-order valence-corrected chi connectivity index (χ1v) is 9.44. The molecule has 1 atom stereocenters. The predicted octanol–water partition coefficient (Wildman–Crippen LogP) is 2.90. The first kappa shape index (κ1) is 19.7. The van der Waals surface area contributed by atoms with Crippen molar-refractivity contribution in [2.75, 3.05) is 26.2 Å². The highest BCUT2D eigenvalue weighted by molar-refractivity contribution is 6.30. The first-order chi connectivity index (χ1) is 12.0. The summed E-state index contributed by atoms with van der Waals surface area (Å²) in [6.07, 6.45) is 5.09. The number of likely N-dealkylation sites (tertiary alicyclic amines) is 1. The van der Waals surface area contributed by atoms with Crippen molar-refractivity contribution in [2.45, 2.75) is 45.1 Å². The lowest BCUT2D eigenvalue weighted by Gasteiger charge is -2.26. The Kier molecular flexibility index (Phi) is 8.22. The van der Waals surface area contributed by atoms with Crippen molar-refractivity contribution in [3.63, 3.8) is 0 Å². The Morgan fingerprint density at radius 1 is 1.16 bits per heavy atom. The van der Waals surface area contributed by atoms with Crippen LogP contribution in [0.5, 0.6) is 0 Å². The Bertz CT molecular complexity index is 556. The largest absolute Gasteiger partial charge is 0.356 e. The normalized spacial score (nSPS) is 16.2. The highest BCUT2D eigenvalue weighted by Gasteiger charge is 2.17. The molecule has 2 amide bonds. The van der Waals surface area contributed by atoms with Crippen LogP contribution in [0, 0.1) is 0 Å². The molecule has 1 unspecified atom stereocenters. The number of rotatable bonds is 8. The number of amides is 2. The quantitative estimate of drug-likeness (QED) is 0.696. The number of hydrogen-bond acceptors (Lipinski definition) is 3. The second-order valence-corrected chi connectivity index (χ2v) is 7.05. The molecule has 0 saturated carbocycles. The van der Waals surface area contributed by atoms with E-state index in [1.54, 1.807) is 12.1 Å². The fourth-order valence-electron chi connectivity index (χ4n) is 3.16. The molecule has 2 N–H and O–H groups in total. The Morgan fingerprint density at radius 2 is 1.84 bits per heavy atom. The lowest BCUT2D eigenvalue weighted by Crippen LogP contribution is -2.35. The lowest BCUT2D eigenvalue weighted by atomic mass is 10.0. The van der Waals surface area contributed by atoms with Gasteiger partial charge in [0.15, 0.2) is 0 Å². The van der Waals surface area contributed by atoms with Crippen LogP contribution in [0.1, 0.15) is 50.6 Å². The summed E-state index contributed by atoms with van der Waals surface area (Å²) >= 11 is 5.91. The molecule has 6 heteroatoms. The van der Waals surface area contributed by atoms with Crippen molar-refractivity contribution in [3.8, 4) is 0 Å². The van der Waals surface area contributed by atoms with Crippen LogP contribution < -0.4 is 10.6 Å². The van der Waals surface area contributed by atoms with E-state index in [-0.39, 0.29) is 24.3 Å². The lowest BCUT2D eigenvalue weighted by molar-refractivity contribution is -0.122. The average molecular weight is 366 g/mol. The maximum Gasteiger partial charge on any atom is 0.222 e. The summed E-state index contributed by atoms with van der Waals surface area (Å²) in [7, 11) is 0. The van der Waals surface area contributed by atoms with Crippen LogP contribution in [-0.2, 0) is 9.59 Å². The van der Waals surface area contributed by atoms with Crippen molar-refractivity contribution in [3.05, 3.63) is 34.9 Å². The summed E-state index contributed by atoms with van der Waals surface area (Å²) in [4.78, 5) is 26.1. The number of carbonyl (C=O) groups excluding carboxylic acids is 2. The SMILES string of the molecule is CC(=O)NC(CC(=O)NCCCN1CCCCC1)c1ccc(Cl)cc1. The molecule has 2 rings (SSSR count). The standard InChI is InChI=1S/C19H28ClN3O2/c1-15(24)22-18(16-6-8-17(20)9-7-16)14-19(25)21-10-5-13-23-11-3-2-4-12-23/h6-9,18H,2-5,10-14H2,1H3,(H,21,25)(H,22,24). The van der Waals surface area contributed by atoms with Crippen LogP contribution in [0.3, 0.4) is 0 Å². The van der Waals surface area contributed by atoms with Gasteiger partial charge >= 0.3 is 0 Å². The van der Waals surface area contributed by atoms with Gasteiger partial charge in [0.1, 0.15) is 0 Å². The highest BCUT2D eigenvalue weighted by Crippen LogP contribution is 2.19. The molecule has 1 fully saturated rings. The third-order valence-corrected chi connectivity index (χ3v) is 4.71. The first-order valence-electron chi connectivity index (χ1n) is 9.06. The number of nitrogens with zero attached hydrogens (tertiary/aromatic N) is 1. The molecule has 0 bridgehead atoms. The average Bonchev–Trinajstić information content (AvgIpc) is 2.59. The zero-order chi connectivity index (χ0) is 18.1. The molecule has 0 aliphatic carbocycles. The van der Waals surface area contributed by atoms with E-state index in [9.17, 15) is 9.59 Å². The van der Waals surface area contributed by atoms with E-state index >= 15 is 0 Å². The molecule has 1 heterocycles. The number of piperidine rings is 1. The topological polar surface area (TPSA) is 61.4 Å². The molecule has 1 aliphatic rings. The van der Waals surface area contributed by atoms with Crippen LogP contribution in [0.4, 0.5) is 0 Å². The van der Waals surface area contributed by atoms with Crippen LogP contribution in [0.2, 0.25) is 5.02 Å². The van der Waals surface area contributed by atoms with E-state index in [4.69, 9.17) is 11.6 Å². The van der Waals surface area contributed by atoms with Crippen LogP contribution >= 0.6 is 11.6 Å². The molecule has 1 aromatic rings. The van der Waals surface area contributed by atoms with Crippen LogP contribution in [0.25, 0.3) is 0 Å². The van der Waals surface area contributed by atoms with Gasteiger partial charge in [-0.1, -0.05) is 30.2 Å². The summed E-state index contributed by atoms with van der Waals surface area (Å²) in [5, 5.41) is 6.43. The van der Waals surface area contributed by atoms with Gasteiger partial charge in [0.25, 0.3) is 0 Å². The zero-order valence-corrected chi connectivity index (χ0v) is 15.6. The van der Waals surface area contributed by atoms with E-state index in [0.717, 1.165) is 18.5 Å². The van der Waals surface area contributed by atoms with E-state index < -0.39 is 0 Å². The molecule has 0 radical (unpaired) electrons. The molecular formula is C19H28ClN3O2. The maximum absolute atomic E-state index is 12.2. The molecule has 1 saturated heterocycles. The second-order valence-electron chi connectivity index (χ2n) is 6.61. The summed E-state index contributed by atoms with van der Waals surface area (Å²) in [5.74, 6) is -0.204. The molecule has 138 valence electrons. The smallest absolute Gasteiger partial charge is 0.222 e. The second kappa shape index (κ2) is 10.4. The maximum atomic E-state index is 12.2. The molecule has 1 aromatic carbocycles. The number of benzene rings is 1. The Hall–Kier alpha value is -1.59. The van der Waals surface area contributed by atoms with E-state index in [1.807, 2.05) is 12.1 Å². The van der Waals surface area contributed by atoms with Crippen molar-refractivity contribution >= 4 is 23.4 Å². The van der Waals surface area contributed by atoms with Gasteiger partial charge in [0, 0.05) is 18.5 Å². The van der Waals surface area contributed by atoms with Crippen molar-refractivity contribution in [1.82, 2.24) is 15.5 Å². The van der Waals surface area contributed by atoms with Gasteiger partial charge in [-0.15, -0.1) is 0 Å². The fraction of sp³-hybridized carbons (Fsp3) is 0.579. The third-order valence-electron chi connectivity index (χ3n) is 4.46. The summed E-state index contributed by atoms with van der Waals surface area (Å²) in [6, 6.07) is 6.88.